The minimum absolute atomic E-state index is 0.135. The summed E-state index contributed by atoms with van der Waals surface area (Å²) in [6, 6.07) is 2.23. The van der Waals surface area contributed by atoms with Crippen LogP contribution in [0, 0.1) is 12.3 Å². The highest BCUT2D eigenvalue weighted by Crippen LogP contribution is 2.25. The molecule has 0 saturated heterocycles. The number of benzene rings is 1. The van der Waals surface area contributed by atoms with Gasteiger partial charge in [0.25, 0.3) is 0 Å². The molecule has 0 aliphatic rings. The van der Waals surface area contributed by atoms with E-state index in [4.69, 9.17) is 12.2 Å². The Labute approximate surface area is 137 Å². The maximum absolute atomic E-state index is 12.3. The SMILES string of the molecule is C#CC[C@H](NS(=O)(=O)c1cc(S(C)(=O)=O)ccc1Br)C(N)=O. The number of rotatable bonds is 6. The lowest BCUT2D eigenvalue weighted by atomic mass is 10.2. The van der Waals surface area contributed by atoms with E-state index in [2.05, 4.69) is 26.6 Å². The molecule has 3 N–H and O–H groups in total. The first-order valence-corrected chi connectivity index (χ1v) is 9.90. The number of amides is 1. The van der Waals surface area contributed by atoms with Crippen LogP contribution < -0.4 is 10.5 Å². The predicted molar refractivity (Wildman–Crippen MR) is 84.0 cm³/mol. The predicted octanol–water partition coefficient (Wildman–Crippen LogP) is 0.00810. The molecule has 7 nitrogen and oxygen atoms in total. The zero-order chi connectivity index (χ0) is 17.1. The second kappa shape index (κ2) is 6.78. The number of carbonyl (C=O) groups is 1. The van der Waals surface area contributed by atoms with E-state index in [9.17, 15) is 21.6 Å². The van der Waals surface area contributed by atoms with E-state index in [0.717, 1.165) is 12.3 Å². The van der Waals surface area contributed by atoms with Crippen LogP contribution >= 0.6 is 15.9 Å². The molecular formula is C12H13BrN2O5S2. The number of halogens is 1. The molecule has 0 unspecified atom stereocenters. The van der Waals surface area contributed by atoms with Crippen molar-refractivity contribution in [3.05, 3.63) is 22.7 Å². The monoisotopic (exact) mass is 408 g/mol. The quantitative estimate of drug-likeness (QED) is 0.641. The summed E-state index contributed by atoms with van der Waals surface area (Å²) >= 11 is 3.03. The van der Waals surface area contributed by atoms with Crippen LogP contribution in [0.25, 0.3) is 0 Å². The van der Waals surface area contributed by atoms with Gasteiger partial charge in [-0.3, -0.25) is 4.79 Å². The summed E-state index contributed by atoms with van der Waals surface area (Å²) in [5.41, 5.74) is 5.08. The zero-order valence-corrected chi connectivity index (χ0v) is 14.6. The summed E-state index contributed by atoms with van der Waals surface area (Å²) in [5, 5.41) is 0. The first kappa shape index (κ1) is 18.6. The van der Waals surface area contributed by atoms with Crippen LogP contribution in [0.15, 0.2) is 32.5 Å². The average molecular weight is 409 g/mol. The third-order valence-corrected chi connectivity index (χ3v) is 6.16. The molecule has 1 aromatic rings. The van der Waals surface area contributed by atoms with Gasteiger partial charge in [-0.15, -0.1) is 12.3 Å². The molecule has 0 heterocycles. The number of primary amides is 1. The summed E-state index contributed by atoms with van der Waals surface area (Å²) in [7, 11) is -7.79. The number of terminal acetylenes is 1. The van der Waals surface area contributed by atoms with Gasteiger partial charge < -0.3 is 5.73 Å². The Morgan fingerprint density at radius 1 is 1.41 bits per heavy atom. The van der Waals surface area contributed by atoms with Gasteiger partial charge in [0, 0.05) is 17.1 Å². The number of hydrogen-bond acceptors (Lipinski definition) is 5. The lowest BCUT2D eigenvalue weighted by Crippen LogP contribution is -2.44. The largest absolute Gasteiger partial charge is 0.368 e. The fourth-order valence-corrected chi connectivity index (χ4v) is 4.40. The second-order valence-electron chi connectivity index (χ2n) is 4.35. The van der Waals surface area contributed by atoms with Crippen molar-refractivity contribution in [2.45, 2.75) is 22.3 Å². The minimum Gasteiger partial charge on any atom is -0.368 e. The summed E-state index contributed by atoms with van der Waals surface area (Å²) in [4.78, 5) is 10.7. The summed E-state index contributed by atoms with van der Waals surface area (Å²) in [5.74, 6) is 1.20. The van der Waals surface area contributed by atoms with Crippen LogP contribution in [-0.2, 0) is 24.7 Å². The minimum atomic E-state index is -4.20. The Kier molecular flexibility index (Phi) is 5.75. The molecule has 0 fully saturated rings. The van der Waals surface area contributed by atoms with Crippen LogP contribution in [0.2, 0.25) is 0 Å². The molecule has 0 spiro atoms. The fraction of sp³-hybridized carbons (Fsp3) is 0.250. The van der Waals surface area contributed by atoms with Gasteiger partial charge in [-0.05, 0) is 34.1 Å². The van der Waals surface area contributed by atoms with Gasteiger partial charge in [-0.1, -0.05) is 0 Å². The second-order valence-corrected chi connectivity index (χ2v) is 8.90. The van der Waals surface area contributed by atoms with Gasteiger partial charge >= 0.3 is 0 Å². The van der Waals surface area contributed by atoms with Crippen molar-refractivity contribution in [1.29, 1.82) is 0 Å². The number of hydrogen-bond donors (Lipinski definition) is 2. The smallest absolute Gasteiger partial charge is 0.242 e. The van der Waals surface area contributed by atoms with Gasteiger partial charge in [-0.25, -0.2) is 16.8 Å². The molecule has 120 valence electrons. The Morgan fingerprint density at radius 3 is 2.45 bits per heavy atom. The van der Waals surface area contributed by atoms with Crippen molar-refractivity contribution in [3.8, 4) is 12.3 Å². The van der Waals surface area contributed by atoms with E-state index >= 15 is 0 Å². The highest BCUT2D eigenvalue weighted by molar-refractivity contribution is 9.10. The fourth-order valence-electron chi connectivity index (χ4n) is 1.49. The van der Waals surface area contributed by atoms with Gasteiger partial charge in [0.15, 0.2) is 9.84 Å². The topological polar surface area (TPSA) is 123 Å². The third kappa shape index (κ3) is 4.54. The molecule has 0 saturated carbocycles. The number of carbonyl (C=O) groups excluding carboxylic acids is 1. The Morgan fingerprint density at radius 2 is 2.00 bits per heavy atom. The molecule has 0 aliphatic heterocycles. The van der Waals surface area contributed by atoms with Crippen LogP contribution in [0.1, 0.15) is 6.42 Å². The molecule has 1 atom stereocenters. The van der Waals surface area contributed by atoms with E-state index in [1.807, 2.05) is 0 Å². The summed E-state index contributed by atoms with van der Waals surface area (Å²) < 4.78 is 49.9. The van der Waals surface area contributed by atoms with Crippen LogP contribution in [0.5, 0.6) is 0 Å². The maximum atomic E-state index is 12.3. The molecule has 0 bridgehead atoms. The highest BCUT2D eigenvalue weighted by Gasteiger charge is 2.26. The van der Waals surface area contributed by atoms with E-state index in [0.29, 0.717) is 0 Å². The first-order valence-electron chi connectivity index (χ1n) is 5.73. The molecule has 22 heavy (non-hydrogen) atoms. The van der Waals surface area contributed by atoms with E-state index < -0.39 is 31.8 Å². The van der Waals surface area contributed by atoms with Crippen LogP contribution in [0.3, 0.4) is 0 Å². The van der Waals surface area contributed by atoms with Gasteiger partial charge in [0.1, 0.15) is 6.04 Å². The molecule has 1 rings (SSSR count). The zero-order valence-electron chi connectivity index (χ0n) is 11.4. The molecule has 0 radical (unpaired) electrons. The van der Waals surface area contributed by atoms with E-state index in [1.165, 1.54) is 12.1 Å². The lowest BCUT2D eigenvalue weighted by Gasteiger charge is -2.14. The molecule has 10 heteroatoms. The number of sulfonamides is 1. The van der Waals surface area contributed by atoms with Crippen molar-refractivity contribution < 1.29 is 21.6 Å². The summed E-state index contributed by atoms with van der Waals surface area (Å²) in [6.45, 7) is 0. The molecular weight excluding hydrogens is 396 g/mol. The van der Waals surface area contributed by atoms with Crippen molar-refractivity contribution >= 4 is 41.7 Å². The Balaban J connectivity index is 3.34. The Bertz CT molecular complexity index is 841. The molecule has 1 amide bonds. The van der Waals surface area contributed by atoms with Gasteiger partial charge in [-0.2, -0.15) is 4.72 Å². The van der Waals surface area contributed by atoms with Crippen molar-refractivity contribution in [3.63, 3.8) is 0 Å². The van der Waals surface area contributed by atoms with Crippen LogP contribution in [0.4, 0.5) is 0 Å². The highest BCUT2D eigenvalue weighted by atomic mass is 79.9. The van der Waals surface area contributed by atoms with Crippen molar-refractivity contribution in [2.24, 2.45) is 5.73 Å². The average Bonchev–Trinajstić information content (AvgIpc) is 2.36. The summed E-state index contributed by atoms with van der Waals surface area (Å²) in [6.07, 6.45) is 5.78. The van der Waals surface area contributed by atoms with Gasteiger partial charge in [0.05, 0.1) is 9.79 Å². The van der Waals surface area contributed by atoms with Crippen molar-refractivity contribution in [1.82, 2.24) is 4.72 Å². The van der Waals surface area contributed by atoms with E-state index in [-0.39, 0.29) is 20.7 Å². The Hall–Kier alpha value is -1.41. The van der Waals surface area contributed by atoms with Crippen LogP contribution in [-0.4, -0.2) is 35.0 Å². The van der Waals surface area contributed by atoms with Gasteiger partial charge in [0.2, 0.25) is 15.9 Å². The van der Waals surface area contributed by atoms with E-state index in [1.54, 1.807) is 0 Å². The third-order valence-electron chi connectivity index (χ3n) is 2.58. The lowest BCUT2D eigenvalue weighted by molar-refractivity contribution is -0.119. The number of sulfone groups is 1. The number of nitrogens with two attached hydrogens (primary N) is 1. The standard InChI is InChI=1S/C12H13BrN2O5S2/c1-3-4-10(12(14)16)15-22(19,20)11-7-8(21(2,17)18)5-6-9(11)13/h1,5-7,10,15H,4H2,2H3,(H2,14,16)/t10-/m0/s1. The normalized spacial score (nSPS) is 13.3. The molecule has 0 aliphatic carbocycles. The number of nitrogens with one attached hydrogen (secondary N) is 1. The molecule has 0 aromatic heterocycles. The molecule has 1 aromatic carbocycles. The maximum Gasteiger partial charge on any atom is 0.242 e. The first-order chi connectivity index (χ1) is 9.99. The van der Waals surface area contributed by atoms with Crippen molar-refractivity contribution in [2.75, 3.05) is 6.26 Å².